The first-order valence-corrected chi connectivity index (χ1v) is 8.85. The van der Waals surface area contributed by atoms with Gasteiger partial charge in [-0.2, -0.15) is 0 Å². The van der Waals surface area contributed by atoms with Crippen molar-refractivity contribution in [3.8, 4) is 0 Å². The first-order chi connectivity index (χ1) is 8.69. The molecule has 0 saturated heterocycles. The van der Waals surface area contributed by atoms with Crippen molar-refractivity contribution < 1.29 is 0 Å². The second-order valence-electron chi connectivity index (χ2n) is 7.63. The molecule has 1 fully saturated rings. The second-order valence-corrected chi connectivity index (χ2v) is 9.43. The molecule has 2 rings (SSSR count). The topological polar surface area (TPSA) is 12.0 Å². The van der Waals surface area contributed by atoms with E-state index in [9.17, 15) is 0 Å². The molecular formula is C16H26BrNS. The molecule has 0 amide bonds. The Morgan fingerprint density at radius 2 is 1.84 bits per heavy atom. The Labute approximate surface area is 130 Å². The molecule has 1 aromatic heterocycles. The summed E-state index contributed by atoms with van der Waals surface area (Å²) in [6.45, 7) is 11.9. The van der Waals surface area contributed by atoms with Gasteiger partial charge in [0.05, 0.1) is 0 Å². The second kappa shape index (κ2) is 5.50. The minimum Gasteiger partial charge on any atom is -0.307 e. The minimum absolute atomic E-state index is 0.434. The van der Waals surface area contributed by atoms with E-state index in [-0.39, 0.29) is 0 Å². The van der Waals surface area contributed by atoms with Crippen molar-refractivity contribution in [2.45, 2.75) is 66.0 Å². The van der Waals surface area contributed by atoms with Gasteiger partial charge in [0.1, 0.15) is 0 Å². The highest BCUT2D eigenvalue weighted by Gasteiger charge is 2.38. The van der Waals surface area contributed by atoms with Crippen LogP contribution >= 0.6 is 27.3 Å². The molecule has 0 radical (unpaired) electrons. The van der Waals surface area contributed by atoms with Crippen molar-refractivity contribution >= 4 is 27.3 Å². The van der Waals surface area contributed by atoms with Gasteiger partial charge in [0.15, 0.2) is 0 Å². The molecule has 0 spiro atoms. The summed E-state index contributed by atoms with van der Waals surface area (Å²) in [6, 6.07) is 3.21. The smallest absolute Gasteiger partial charge is 0.0399 e. The van der Waals surface area contributed by atoms with Crippen molar-refractivity contribution in [1.82, 2.24) is 5.32 Å². The summed E-state index contributed by atoms with van der Waals surface area (Å²) in [5.74, 6) is 0. The van der Waals surface area contributed by atoms with Crippen LogP contribution in [0.5, 0.6) is 0 Å². The maximum absolute atomic E-state index is 3.85. The highest BCUT2D eigenvalue weighted by molar-refractivity contribution is 9.10. The molecule has 1 aliphatic rings. The van der Waals surface area contributed by atoms with Gasteiger partial charge in [-0.15, -0.1) is 11.3 Å². The maximum Gasteiger partial charge on any atom is 0.0399 e. The van der Waals surface area contributed by atoms with Crippen LogP contribution in [0.15, 0.2) is 15.9 Å². The van der Waals surface area contributed by atoms with Crippen LogP contribution in [-0.2, 0) is 0 Å². The van der Waals surface area contributed by atoms with Gasteiger partial charge >= 0.3 is 0 Å². The van der Waals surface area contributed by atoms with Crippen LogP contribution < -0.4 is 5.32 Å². The van der Waals surface area contributed by atoms with Crippen molar-refractivity contribution in [1.29, 1.82) is 0 Å². The van der Waals surface area contributed by atoms with E-state index in [0.717, 1.165) is 0 Å². The molecule has 3 heteroatoms. The van der Waals surface area contributed by atoms with E-state index in [0.29, 0.717) is 22.9 Å². The van der Waals surface area contributed by atoms with E-state index in [1.165, 1.54) is 28.6 Å². The quantitative estimate of drug-likeness (QED) is 0.734. The van der Waals surface area contributed by atoms with Crippen molar-refractivity contribution in [2.24, 2.45) is 10.8 Å². The maximum atomic E-state index is 3.85. The van der Waals surface area contributed by atoms with E-state index < -0.39 is 0 Å². The van der Waals surface area contributed by atoms with E-state index >= 15 is 0 Å². The third kappa shape index (κ3) is 4.05. The number of nitrogens with one attached hydrogen (secondary N) is 1. The van der Waals surface area contributed by atoms with Crippen molar-refractivity contribution in [3.63, 3.8) is 0 Å². The largest absolute Gasteiger partial charge is 0.307 e. The van der Waals surface area contributed by atoms with Gasteiger partial charge in [0.2, 0.25) is 0 Å². The molecule has 1 aromatic rings. The van der Waals surface area contributed by atoms with Crippen LogP contribution in [0.25, 0.3) is 0 Å². The number of hydrogen-bond donors (Lipinski definition) is 1. The molecule has 1 heterocycles. The predicted octanol–water partition coefficient (Wildman–Crippen LogP) is 5.77. The normalized spacial score (nSPS) is 24.3. The summed E-state index contributed by atoms with van der Waals surface area (Å²) in [6.07, 6.45) is 3.89. The Balaban J connectivity index is 2.05. The zero-order valence-corrected chi connectivity index (χ0v) is 15.1. The monoisotopic (exact) mass is 343 g/mol. The Bertz CT molecular complexity index is 420. The summed E-state index contributed by atoms with van der Waals surface area (Å²) in [5, 5.41) is 6.01. The van der Waals surface area contributed by atoms with Crippen LogP contribution in [0.4, 0.5) is 0 Å². The lowest BCUT2D eigenvalue weighted by Gasteiger charge is -2.46. The molecular weight excluding hydrogens is 318 g/mol. The standard InChI is InChI=1S/C16H26BrNS/c1-11(14-13(17)6-7-19-14)18-12-8-15(2,3)10-16(4,5)9-12/h6-7,11-12,18H,8-10H2,1-5H3. The molecule has 1 aliphatic carbocycles. The minimum atomic E-state index is 0.434. The van der Waals surface area contributed by atoms with Crippen LogP contribution in [0.1, 0.15) is 64.8 Å². The first-order valence-electron chi connectivity index (χ1n) is 7.17. The van der Waals surface area contributed by atoms with Crippen LogP contribution in [0, 0.1) is 10.8 Å². The Hall–Kier alpha value is 0.140. The van der Waals surface area contributed by atoms with Gasteiger partial charge in [0.25, 0.3) is 0 Å². The molecule has 0 bridgehead atoms. The fraction of sp³-hybridized carbons (Fsp3) is 0.750. The summed E-state index contributed by atoms with van der Waals surface area (Å²) < 4.78 is 1.24. The van der Waals surface area contributed by atoms with E-state index in [4.69, 9.17) is 0 Å². The zero-order chi connectivity index (χ0) is 14.3. The molecule has 0 aromatic carbocycles. The predicted molar refractivity (Wildman–Crippen MR) is 88.8 cm³/mol. The highest BCUT2D eigenvalue weighted by Crippen LogP contribution is 2.46. The molecule has 108 valence electrons. The van der Waals surface area contributed by atoms with Gasteiger partial charge in [0, 0.05) is 21.4 Å². The summed E-state index contributed by atoms with van der Waals surface area (Å²) in [7, 11) is 0. The van der Waals surface area contributed by atoms with Crippen LogP contribution in [-0.4, -0.2) is 6.04 Å². The Morgan fingerprint density at radius 3 is 2.32 bits per heavy atom. The lowest BCUT2D eigenvalue weighted by Crippen LogP contribution is -2.44. The zero-order valence-electron chi connectivity index (χ0n) is 12.7. The third-order valence-corrected chi connectivity index (χ3v) is 6.13. The fourth-order valence-corrected chi connectivity index (χ4v) is 5.74. The van der Waals surface area contributed by atoms with Gasteiger partial charge in [-0.05, 0) is 64.4 Å². The van der Waals surface area contributed by atoms with Crippen LogP contribution in [0.3, 0.4) is 0 Å². The van der Waals surface area contributed by atoms with Crippen molar-refractivity contribution in [2.75, 3.05) is 0 Å². The fourth-order valence-electron chi connectivity index (χ4n) is 4.01. The molecule has 1 saturated carbocycles. The molecule has 1 atom stereocenters. The SMILES string of the molecule is CC(NC1CC(C)(C)CC(C)(C)C1)c1sccc1Br. The molecule has 1 unspecified atom stereocenters. The number of halogens is 1. The van der Waals surface area contributed by atoms with E-state index in [1.807, 2.05) is 11.3 Å². The van der Waals surface area contributed by atoms with Gasteiger partial charge in [-0.25, -0.2) is 0 Å². The average Bonchev–Trinajstić information content (AvgIpc) is 2.58. The van der Waals surface area contributed by atoms with E-state index in [1.54, 1.807) is 0 Å². The molecule has 1 nitrogen and oxygen atoms in total. The Kier molecular flexibility index (Phi) is 4.49. The summed E-state index contributed by atoms with van der Waals surface area (Å²) in [4.78, 5) is 1.42. The highest BCUT2D eigenvalue weighted by atomic mass is 79.9. The van der Waals surface area contributed by atoms with Gasteiger partial charge < -0.3 is 5.32 Å². The van der Waals surface area contributed by atoms with E-state index in [2.05, 4.69) is 67.3 Å². The summed E-state index contributed by atoms with van der Waals surface area (Å²) in [5.41, 5.74) is 0.900. The molecule has 0 aliphatic heterocycles. The van der Waals surface area contributed by atoms with Crippen LogP contribution in [0.2, 0.25) is 0 Å². The molecule has 1 N–H and O–H groups in total. The first kappa shape index (κ1) is 15.5. The molecule has 19 heavy (non-hydrogen) atoms. The van der Waals surface area contributed by atoms with Gasteiger partial charge in [-0.1, -0.05) is 27.7 Å². The third-order valence-electron chi connectivity index (χ3n) is 4.08. The lowest BCUT2D eigenvalue weighted by atomic mass is 9.63. The number of rotatable bonds is 3. The number of hydrogen-bond acceptors (Lipinski definition) is 2. The Morgan fingerprint density at radius 1 is 1.26 bits per heavy atom. The van der Waals surface area contributed by atoms with Crippen molar-refractivity contribution in [3.05, 3.63) is 20.8 Å². The number of thiophene rings is 1. The summed E-state index contributed by atoms with van der Waals surface area (Å²) >= 11 is 5.48. The van der Waals surface area contributed by atoms with Gasteiger partial charge in [-0.3, -0.25) is 0 Å². The lowest BCUT2D eigenvalue weighted by molar-refractivity contribution is 0.0813. The average molecular weight is 344 g/mol.